The summed E-state index contributed by atoms with van der Waals surface area (Å²) in [4.78, 5) is 39.3. The topological polar surface area (TPSA) is 110 Å². The number of esters is 2. The Morgan fingerprint density at radius 2 is 1.76 bits per heavy atom. The second-order valence-electron chi connectivity index (χ2n) is 8.98. The molecule has 1 spiro atoms. The summed E-state index contributed by atoms with van der Waals surface area (Å²) in [5.41, 5.74) is -0.751. The third kappa shape index (κ3) is 5.81. The average molecular weight is 544 g/mol. The number of hydrogen-bond donors (Lipinski definition) is 0. The molecule has 2 heterocycles. The van der Waals surface area contributed by atoms with Gasteiger partial charge in [-0.3, -0.25) is 0 Å². The summed E-state index contributed by atoms with van der Waals surface area (Å²) in [6.45, 7) is 6.66. The van der Waals surface area contributed by atoms with Crippen LogP contribution in [-0.4, -0.2) is 80.9 Å². The van der Waals surface area contributed by atoms with Gasteiger partial charge in [0, 0.05) is 19.4 Å². The Morgan fingerprint density at radius 3 is 2.35 bits per heavy atom. The van der Waals surface area contributed by atoms with E-state index in [1.54, 1.807) is 31.7 Å². The molecule has 2 aliphatic heterocycles. The maximum absolute atomic E-state index is 12.9. The molecule has 1 aromatic rings. The van der Waals surface area contributed by atoms with Gasteiger partial charge in [-0.05, 0) is 48.8 Å². The third-order valence-corrected chi connectivity index (χ3v) is 6.11. The molecule has 2 saturated heterocycles. The predicted molar refractivity (Wildman–Crippen MR) is 123 cm³/mol. The van der Waals surface area contributed by atoms with Crippen LogP contribution >= 0.6 is 15.9 Å². The van der Waals surface area contributed by atoms with Crippen molar-refractivity contribution in [2.75, 3.05) is 40.6 Å². The molecule has 0 unspecified atom stereocenters. The van der Waals surface area contributed by atoms with Gasteiger partial charge >= 0.3 is 18.0 Å². The lowest BCUT2D eigenvalue weighted by Crippen LogP contribution is -2.56. The second kappa shape index (κ2) is 10.5. The van der Waals surface area contributed by atoms with Gasteiger partial charge in [0.2, 0.25) is 0 Å². The van der Waals surface area contributed by atoms with Crippen molar-refractivity contribution in [3.63, 3.8) is 0 Å². The first-order chi connectivity index (χ1) is 16.0. The summed E-state index contributed by atoms with van der Waals surface area (Å²) in [6, 6.07) is 2.53. The molecule has 0 saturated carbocycles. The minimum Gasteiger partial charge on any atom is -0.489 e. The minimum absolute atomic E-state index is 0.000813. The Bertz CT molecular complexity index is 937. The maximum atomic E-state index is 12.9. The first-order valence-corrected chi connectivity index (χ1v) is 11.7. The van der Waals surface area contributed by atoms with Gasteiger partial charge in [0.15, 0.2) is 5.79 Å². The molecule has 188 valence electrons. The van der Waals surface area contributed by atoms with Crippen molar-refractivity contribution in [2.24, 2.45) is 0 Å². The van der Waals surface area contributed by atoms with E-state index < -0.39 is 35.5 Å². The number of piperidine rings is 1. The lowest BCUT2D eigenvalue weighted by Gasteiger charge is -2.43. The molecule has 2 fully saturated rings. The molecular formula is C23H30BrNO9. The highest BCUT2D eigenvalue weighted by molar-refractivity contribution is 9.10. The van der Waals surface area contributed by atoms with E-state index in [-0.39, 0.29) is 23.5 Å². The number of hydrogen-bond acceptors (Lipinski definition) is 9. The predicted octanol–water partition coefficient (Wildman–Crippen LogP) is 3.54. The van der Waals surface area contributed by atoms with E-state index in [0.717, 1.165) is 0 Å². The molecule has 1 aromatic carbocycles. The first kappa shape index (κ1) is 26.2. The monoisotopic (exact) mass is 543 g/mol. The van der Waals surface area contributed by atoms with Crippen LogP contribution in [0.15, 0.2) is 16.6 Å². The van der Waals surface area contributed by atoms with Crippen molar-refractivity contribution in [2.45, 2.75) is 51.0 Å². The number of benzene rings is 1. The molecule has 34 heavy (non-hydrogen) atoms. The van der Waals surface area contributed by atoms with Crippen LogP contribution in [0.25, 0.3) is 0 Å². The van der Waals surface area contributed by atoms with Crippen LogP contribution in [-0.2, 0) is 23.7 Å². The Hall–Kier alpha value is -2.37. The number of carbonyl (C=O) groups excluding carboxylic acids is 3. The van der Waals surface area contributed by atoms with Crippen LogP contribution in [0.5, 0.6) is 5.75 Å². The van der Waals surface area contributed by atoms with Gasteiger partial charge in [0.05, 0.1) is 43.5 Å². The van der Waals surface area contributed by atoms with Crippen molar-refractivity contribution in [3.05, 3.63) is 27.7 Å². The fraction of sp³-hybridized carbons (Fsp3) is 0.609. The fourth-order valence-corrected chi connectivity index (χ4v) is 4.42. The Labute approximate surface area is 206 Å². The zero-order valence-corrected chi connectivity index (χ0v) is 21.6. The van der Waals surface area contributed by atoms with Gasteiger partial charge < -0.3 is 33.3 Å². The summed E-state index contributed by atoms with van der Waals surface area (Å²) < 4.78 is 33.5. The van der Waals surface area contributed by atoms with Crippen LogP contribution in [0.1, 0.15) is 54.3 Å². The van der Waals surface area contributed by atoms with E-state index in [0.29, 0.717) is 37.1 Å². The summed E-state index contributed by atoms with van der Waals surface area (Å²) in [6.07, 6.45) is 0.371. The highest BCUT2D eigenvalue weighted by Crippen LogP contribution is 2.37. The summed E-state index contributed by atoms with van der Waals surface area (Å²) in [7, 11) is 2.42. The average Bonchev–Trinajstić information content (AvgIpc) is 3.23. The second-order valence-corrected chi connectivity index (χ2v) is 9.84. The van der Waals surface area contributed by atoms with E-state index in [4.69, 9.17) is 28.4 Å². The normalized spacial score (nSPS) is 19.6. The van der Waals surface area contributed by atoms with Crippen LogP contribution in [0.2, 0.25) is 0 Å². The third-order valence-electron chi connectivity index (χ3n) is 5.49. The SMILES string of the molecule is COC(=O)c1ccc(Br)c(OC[C@@H]2CC3(CCN2C(=O)OC(C)(C)C)OCCO3)c1C(=O)OC. The minimum atomic E-state index is -0.803. The number of likely N-dealkylation sites (tertiary alicyclic amines) is 1. The van der Waals surface area contributed by atoms with Crippen LogP contribution in [0.4, 0.5) is 4.79 Å². The van der Waals surface area contributed by atoms with E-state index >= 15 is 0 Å². The van der Waals surface area contributed by atoms with E-state index in [2.05, 4.69) is 15.9 Å². The van der Waals surface area contributed by atoms with Crippen molar-refractivity contribution in [1.82, 2.24) is 4.90 Å². The summed E-state index contributed by atoms with van der Waals surface area (Å²) >= 11 is 3.38. The first-order valence-electron chi connectivity index (χ1n) is 10.9. The number of rotatable bonds is 5. The van der Waals surface area contributed by atoms with Crippen molar-refractivity contribution >= 4 is 34.0 Å². The van der Waals surface area contributed by atoms with Gasteiger partial charge in [0.1, 0.15) is 23.5 Å². The van der Waals surface area contributed by atoms with Crippen molar-refractivity contribution in [3.8, 4) is 5.75 Å². The molecule has 10 nitrogen and oxygen atoms in total. The Kier molecular flexibility index (Phi) is 8.10. The standard InChI is InChI=1S/C23H30BrNO9/c1-22(2,3)34-21(28)25-9-8-23(32-10-11-33-23)12-14(25)13-31-18-16(24)7-6-15(19(26)29-4)17(18)20(27)30-5/h6-7,14H,8-13H2,1-5H3/t14-/m0/s1. The number of halogens is 1. The zero-order valence-electron chi connectivity index (χ0n) is 20.0. The van der Waals surface area contributed by atoms with E-state index in [1.165, 1.54) is 20.3 Å². The van der Waals surface area contributed by atoms with Crippen molar-refractivity contribution in [1.29, 1.82) is 0 Å². The van der Waals surface area contributed by atoms with Gasteiger partial charge in [-0.25, -0.2) is 14.4 Å². The summed E-state index contributed by atoms with van der Waals surface area (Å²) in [5, 5.41) is 0. The molecular weight excluding hydrogens is 514 g/mol. The molecule has 0 aromatic heterocycles. The number of carbonyl (C=O) groups is 3. The quantitative estimate of drug-likeness (QED) is 0.406. The molecule has 0 radical (unpaired) electrons. The van der Waals surface area contributed by atoms with Gasteiger partial charge in [-0.2, -0.15) is 0 Å². The molecule has 3 rings (SSSR count). The van der Waals surface area contributed by atoms with Crippen LogP contribution < -0.4 is 4.74 Å². The number of nitrogens with zero attached hydrogens (tertiary/aromatic N) is 1. The van der Waals surface area contributed by atoms with E-state index in [1.807, 2.05) is 0 Å². The van der Waals surface area contributed by atoms with Gasteiger partial charge in [-0.15, -0.1) is 0 Å². The van der Waals surface area contributed by atoms with E-state index in [9.17, 15) is 14.4 Å². The molecule has 0 bridgehead atoms. The number of methoxy groups -OCH3 is 2. The molecule has 11 heteroatoms. The van der Waals surface area contributed by atoms with Gasteiger partial charge in [-0.1, -0.05) is 0 Å². The molecule has 1 amide bonds. The highest BCUT2D eigenvalue weighted by atomic mass is 79.9. The van der Waals surface area contributed by atoms with Crippen molar-refractivity contribution < 1.29 is 42.8 Å². The zero-order chi connectivity index (χ0) is 25.1. The molecule has 0 aliphatic carbocycles. The number of amides is 1. The molecule has 1 atom stereocenters. The largest absolute Gasteiger partial charge is 0.489 e. The summed E-state index contributed by atoms with van der Waals surface area (Å²) in [5.74, 6) is -2.17. The van der Waals surface area contributed by atoms with Crippen LogP contribution in [0, 0.1) is 0 Å². The Balaban J connectivity index is 1.91. The lowest BCUT2D eigenvalue weighted by atomic mass is 9.96. The smallest absolute Gasteiger partial charge is 0.410 e. The highest BCUT2D eigenvalue weighted by Gasteiger charge is 2.47. The fourth-order valence-electron chi connectivity index (χ4n) is 3.98. The number of ether oxygens (including phenoxy) is 6. The molecule has 0 N–H and O–H groups in total. The van der Waals surface area contributed by atoms with Gasteiger partial charge in [0.25, 0.3) is 0 Å². The molecule has 2 aliphatic rings. The van der Waals surface area contributed by atoms with Crippen LogP contribution in [0.3, 0.4) is 0 Å². The Morgan fingerprint density at radius 1 is 1.12 bits per heavy atom. The maximum Gasteiger partial charge on any atom is 0.410 e. The lowest BCUT2D eigenvalue weighted by molar-refractivity contribution is -0.196.